The minimum atomic E-state index is -1.17. The van der Waals surface area contributed by atoms with Crippen LogP contribution in [-0.4, -0.2) is 171 Å². The molecule has 780 valence electrons. The number of phenols is 1. The molecule has 0 fully saturated rings. The molecule has 0 spiro atoms. The van der Waals surface area contributed by atoms with Crippen LogP contribution in [0.25, 0.3) is 0 Å². The van der Waals surface area contributed by atoms with Crippen LogP contribution in [0.2, 0.25) is 0 Å². The van der Waals surface area contributed by atoms with Gasteiger partial charge >= 0.3 is 23.9 Å². The summed E-state index contributed by atoms with van der Waals surface area (Å²) in [6.45, 7) is 8.89. The molecule has 5 N–H and O–H groups in total. The normalized spacial score (nSPS) is 12.5. The number of amides is 4. The van der Waals surface area contributed by atoms with Gasteiger partial charge in [-0.2, -0.15) is 0 Å². The number of nitrogens with one attached hydrogen (secondary N) is 4. The Morgan fingerprint density at radius 3 is 0.856 bits per heavy atom. The molecule has 0 saturated carbocycles. The second-order valence-electron chi connectivity index (χ2n) is 36.0. The molecule has 146 heavy (non-hydrogen) atoms. The van der Waals surface area contributed by atoms with Crippen molar-refractivity contribution in [3.63, 3.8) is 0 Å². The van der Waals surface area contributed by atoms with Gasteiger partial charge in [0.25, 0.3) is 0 Å². The highest BCUT2D eigenvalue weighted by molar-refractivity contribution is 5.98. The number of hydrogen-bond donors (Lipinski definition) is 5. The molecule has 29 nitrogen and oxygen atoms in total. The summed E-state index contributed by atoms with van der Waals surface area (Å²) in [6, 6.07) is 73.2. The van der Waals surface area contributed by atoms with E-state index in [1.807, 2.05) is 188 Å². The first kappa shape index (κ1) is 119. The number of esters is 4. The van der Waals surface area contributed by atoms with Crippen molar-refractivity contribution < 1.29 is 120 Å². The molecule has 0 aliphatic carbocycles. The van der Waals surface area contributed by atoms with E-state index >= 15 is 0 Å². The molecule has 9 aromatic rings. The Labute approximate surface area is 856 Å². The number of methoxy groups -OCH3 is 2. The third kappa shape index (κ3) is 50.4. The molecular formula is C117H142N4O25. The second-order valence-corrected chi connectivity index (χ2v) is 36.0. The van der Waals surface area contributed by atoms with E-state index in [1.54, 1.807) is 81.8 Å². The van der Waals surface area contributed by atoms with E-state index in [-0.39, 0.29) is 171 Å². The Balaban J connectivity index is 0.000000372. The molecule has 0 bridgehead atoms. The maximum atomic E-state index is 14.7. The number of carbonyl (C=O) groups is 15. The van der Waals surface area contributed by atoms with E-state index in [9.17, 15) is 77.0 Å². The summed E-state index contributed by atoms with van der Waals surface area (Å²) >= 11 is 0. The number of hydrogen-bond acceptors (Lipinski definition) is 25. The topological polar surface area (TPSA) is 407 Å². The first-order valence-corrected chi connectivity index (χ1v) is 50.0. The minimum Gasteiger partial charge on any atom is -0.508 e. The minimum absolute atomic E-state index is 0.000386. The zero-order valence-corrected chi connectivity index (χ0v) is 84.7. The zero-order valence-electron chi connectivity index (χ0n) is 84.7. The van der Waals surface area contributed by atoms with Gasteiger partial charge in [0.2, 0.25) is 23.6 Å². The molecule has 0 unspecified atom stereocenters. The predicted octanol–water partition coefficient (Wildman–Crippen LogP) is 16.4. The van der Waals surface area contributed by atoms with Crippen LogP contribution in [0.4, 0.5) is 0 Å². The molecule has 0 aromatic heterocycles. The van der Waals surface area contributed by atoms with E-state index in [0.717, 1.165) is 63.8 Å². The van der Waals surface area contributed by atoms with Gasteiger partial charge in [-0.3, -0.25) is 57.5 Å². The fraction of sp³-hybridized carbons (Fsp3) is 0.410. The van der Waals surface area contributed by atoms with Gasteiger partial charge in [0.15, 0.2) is 23.1 Å². The Bertz CT molecular complexity index is 5430. The lowest BCUT2D eigenvalue weighted by atomic mass is 9.89. The van der Waals surface area contributed by atoms with Crippen LogP contribution < -0.4 is 26.0 Å². The van der Waals surface area contributed by atoms with E-state index in [4.69, 9.17) is 42.6 Å². The molecule has 0 saturated heterocycles. The van der Waals surface area contributed by atoms with E-state index < -0.39 is 120 Å². The monoisotopic (exact) mass is 2000 g/mol. The fourth-order valence-electron chi connectivity index (χ4n) is 15.6. The molecule has 0 aliphatic heterocycles. The lowest BCUT2D eigenvalue weighted by Gasteiger charge is -2.25. The van der Waals surface area contributed by atoms with Crippen LogP contribution in [0.3, 0.4) is 0 Å². The van der Waals surface area contributed by atoms with Crippen LogP contribution in [-0.2, 0) is 169 Å². The summed E-state index contributed by atoms with van der Waals surface area (Å²) in [6.07, 6.45) is 1.74. The molecule has 0 aliphatic rings. The van der Waals surface area contributed by atoms with Crippen molar-refractivity contribution in [3.8, 4) is 11.5 Å². The van der Waals surface area contributed by atoms with Gasteiger partial charge in [-0.25, -0.2) is 0 Å². The standard InChI is InChI=1S/C59H68N2O12.C52H62N2O12.C6H12O/c1-43(62)36-50(37-45-25-28-51(29-26-45)71-40-46-18-9-4-10-19-46)59(68)61-53(38-44-16-7-3-8-17-44)55(64)39-49(27-31-56(65)72-41-47-20-11-5-12-21-47)58(67)60-52(54(63)24-15-33-70-35-34-69-2)30-32-57(66)73-42-48-22-13-6-14-23-48;1-37(55)31-43(32-39-20-23-44(56)24-21-39)52(62)54-46(33-38-13-6-3-7-14-38)48(58)34-42(22-26-49(59)65-35-40-15-8-4-9-16-40)51(61)53-45(47(57)19-12-28-64-30-29-63-2)25-27-50(60)66-36-41-17-10-5-11-18-41;1-3-4-5-6(2)7/h3-14,16-23,25-26,28-29,49-50,52-53H,15,24,27,30-42H2,1-2H3,(H,60,67)(H,61,68);3-11,13-18,20-21,23-24,42-43,45-46,56H,12,19,22,25-36H2,1-2H3,(H,53,61)(H,54,62);3-5H2,1-2H3/t49-,50+,52-,53-;42-,43+,45-,46-;/m11./s1. The number of aromatic hydroxyl groups is 1. The van der Waals surface area contributed by atoms with Crippen molar-refractivity contribution in [1.82, 2.24) is 21.3 Å². The number of rotatable bonds is 68. The van der Waals surface area contributed by atoms with Gasteiger partial charge in [0.05, 0.1) is 50.6 Å². The Kier molecular flexibility index (Phi) is 56.8. The lowest BCUT2D eigenvalue weighted by molar-refractivity contribution is -0.147. The average Bonchev–Trinajstić information content (AvgIpc) is 0.847. The maximum Gasteiger partial charge on any atom is 0.306 e. The smallest absolute Gasteiger partial charge is 0.306 e. The van der Waals surface area contributed by atoms with Crippen molar-refractivity contribution in [2.24, 2.45) is 23.7 Å². The number of unbranched alkanes of at least 4 members (excludes halogenated alkanes) is 1. The molecule has 9 rings (SSSR count). The third-order valence-corrected chi connectivity index (χ3v) is 23.7. The number of ether oxygens (including phenoxy) is 9. The number of Topliss-reactive ketones (excluding diaryl/α,β-unsaturated/α-hetero) is 7. The van der Waals surface area contributed by atoms with Gasteiger partial charge < -0.3 is 83.4 Å². The molecule has 29 heteroatoms. The third-order valence-electron chi connectivity index (χ3n) is 23.7. The highest BCUT2D eigenvalue weighted by Gasteiger charge is 2.36. The molecule has 8 atom stereocenters. The van der Waals surface area contributed by atoms with Crippen molar-refractivity contribution in [1.29, 1.82) is 0 Å². The quantitative estimate of drug-likeness (QED) is 0.0134. The van der Waals surface area contributed by atoms with Gasteiger partial charge in [-0.1, -0.05) is 250 Å². The van der Waals surface area contributed by atoms with Crippen molar-refractivity contribution in [2.75, 3.05) is 53.9 Å². The van der Waals surface area contributed by atoms with Crippen molar-refractivity contribution >= 4 is 88.0 Å². The summed E-state index contributed by atoms with van der Waals surface area (Å²) in [5, 5.41) is 21.2. The predicted molar refractivity (Wildman–Crippen MR) is 551 cm³/mol. The van der Waals surface area contributed by atoms with Crippen molar-refractivity contribution in [2.45, 2.75) is 233 Å². The fourth-order valence-corrected chi connectivity index (χ4v) is 15.6. The number of benzene rings is 9. The summed E-state index contributed by atoms with van der Waals surface area (Å²) in [7, 11) is 3.10. The SMILES string of the molecule is CCCCC(C)=O.COCCOCCCC(=O)[C@@H](CCC(=O)OCc1ccccc1)NC(=O)[C@H](CCC(=O)OCc1ccccc1)CC(=O)[C@@H](Cc1ccccc1)NC(=O)[C@@H](CC(C)=O)Cc1ccc(O)cc1.COCCOCCCC(=O)[C@@H](CCC(=O)OCc1ccccc1)NC(=O)[C@H](CCC(=O)OCc1ccccc1)CC(=O)[C@@H](Cc1ccccc1)NC(=O)[C@@H](CC(C)=O)Cc1ccc(OCc2ccccc2)cc1. The average molecular weight is 2000 g/mol. The number of ketones is 7. The summed E-state index contributed by atoms with van der Waals surface area (Å²) < 4.78 is 49.0. The number of carbonyl (C=O) groups excluding carboxylic acids is 15. The van der Waals surface area contributed by atoms with E-state index in [0.29, 0.717) is 63.0 Å². The maximum absolute atomic E-state index is 14.7. The summed E-state index contributed by atoms with van der Waals surface area (Å²) in [4.78, 5) is 201. The molecule has 0 radical (unpaired) electrons. The molecular weight excluding hydrogens is 1860 g/mol. The van der Waals surface area contributed by atoms with Gasteiger partial charge in [0.1, 0.15) is 61.9 Å². The van der Waals surface area contributed by atoms with Gasteiger partial charge in [0, 0.05) is 122 Å². The van der Waals surface area contributed by atoms with Crippen LogP contribution in [0.5, 0.6) is 11.5 Å². The largest absolute Gasteiger partial charge is 0.508 e. The van der Waals surface area contributed by atoms with Crippen LogP contribution in [0.1, 0.15) is 200 Å². The van der Waals surface area contributed by atoms with Crippen molar-refractivity contribution in [3.05, 3.63) is 311 Å². The molecule has 0 heterocycles. The Hall–Kier alpha value is -14.1. The first-order chi connectivity index (χ1) is 70.6. The molecule has 9 aromatic carbocycles. The summed E-state index contributed by atoms with van der Waals surface area (Å²) in [5.74, 6) is -10.0. The van der Waals surface area contributed by atoms with Gasteiger partial charge in [-0.15, -0.1) is 0 Å². The zero-order chi connectivity index (χ0) is 105. The van der Waals surface area contributed by atoms with Gasteiger partial charge in [-0.05, 0) is 166 Å². The Morgan fingerprint density at radius 1 is 0.267 bits per heavy atom. The Morgan fingerprint density at radius 2 is 0.555 bits per heavy atom. The highest BCUT2D eigenvalue weighted by Crippen LogP contribution is 2.26. The van der Waals surface area contributed by atoms with Crippen LogP contribution in [0, 0.1) is 23.7 Å². The lowest BCUT2D eigenvalue weighted by Crippen LogP contribution is -2.48. The van der Waals surface area contributed by atoms with Crippen LogP contribution in [0.15, 0.2) is 261 Å². The second kappa shape index (κ2) is 69.8. The first-order valence-electron chi connectivity index (χ1n) is 50.0. The summed E-state index contributed by atoms with van der Waals surface area (Å²) in [5.41, 5.74) is 7.03. The molecule has 4 amide bonds. The number of phenolic OH excluding ortho intramolecular Hbond substituents is 1. The van der Waals surface area contributed by atoms with E-state index in [1.165, 1.54) is 26.0 Å². The van der Waals surface area contributed by atoms with Crippen LogP contribution >= 0.6 is 0 Å². The highest BCUT2D eigenvalue weighted by atomic mass is 16.5. The van der Waals surface area contributed by atoms with E-state index in [2.05, 4.69) is 28.2 Å².